The number of carbonyl (C=O) groups is 2. The van der Waals surface area contributed by atoms with Crippen molar-refractivity contribution in [3.05, 3.63) is 70.8 Å². The van der Waals surface area contributed by atoms with Gasteiger partial charge in [0.05, 0.1) is 12.2 Å². The lowest BCUT2D eigenvalue weighted by atomic mass is 10.2. The number of hydrogen-bond acceptors (Lipinski definition) is 5. The van der Waals surface area contributed by atoms with E-state index in [4.69, 9.17) is 4.42 Å². The minimum absolute atomic E-state index is 0.203. The number of urea groups is 1. The number of fused-ring (bicyclic) bond motifs is 1. The first kappa shape index (κ1) is 21.0. The molecule has 0 unspecified atom stereocenters. The molecule has 0 saturated carbocycles. The van der Waals surface area contributed by atoms with E-state index in [1.54, 1.807) is 40.9 Å². The zero-order chi connectivity index (χ0) is 22.0. The van der Waals surface area contributed by atoms with Gasteiger partial charge < -0.3 is 15.1 Å². The SMILES string of the molecule is Cc1cc(C)c2c(n1)SCCN2C(=O)Nc1ccc(C(=O)NCc2ccc(C)o2)cc1. The maximum atomic E-state index is 12.9. The lowest BCUT2D eigenvalue weighted by Gasteiger charge is -2.30. The second-order valence-corrected chi connectivity index (χ2v) is 8.52. The summed E-state index contributed by atoms with van der Waals surface area (Å²) in [6.07, 6.45) is 0. The molecule has 1 aliphatic heterocycles. The molecule has 7 nitrogen and oxygen atoms in total. The maximum Gasteiger partial charge on any atom is 0.326 e. The summed E-state index contributed by atoms with van der Waals surface area (Å²) in [5.41, 5.74) is 3.98. The van der Waals surface area contributed by atoms with Crippen LogP contribution in [0.3, 0.4) is 0 Å². The van der Waals surface area contributed by atoms with Crippen molar-refractivity contribution >= 4 is 35.1 Å². The Morgan fingerprint density at radius 1 is 1.13 bits per heavy atom. The van der Waals surface area contributed by atoms with Crippen LogP contribution in [0.1, 0.15) is 33.1 Å². The van der Waals surface area contributed by atoms with Gasteiger partial charge in [0, 0.05) is 29.2 Å². The third-order valence-electron chi connectivity index (χ3n) is 4.97. The average molecular weight is 437 g/mol. The molecular weight excluding hydrogens is 412 g/mol. The highest BCUT2D eigenvalue weighted by molar-refractivity contribution is 7.99. The van der Waals surface area contributed by atoms with Crippen LogP contribution in [0.4, 0.5) is 16.2 Å². The molecule has 31 heavy (non-hydrogen) atoms. The van der Waals surface area contributed by atoms with Gasteiger partial charge in [0.15, 0.2) is 0 Å². The third kappa shape index (κ3) is 4.74. The van der Waals surface area contributed by atoms with Gasteiger partial charge in [0.1, 0.15) is 16.5 Å². The quantitative estimate of drug-likeness (QED) is 0.620. The van der Waals surface area contributed by atoms with Crippen molar-refractivity contribution in [1.29, 1.82) is 0 Å². The molecule has 1 aromatic carbocycles. The third-order valence-corrected chi connectivity index (χ3v) is 5.91. The van der Waals surface area contributed by atoms with E-state index in [9.17, 15) is 9.59 Å². The predicted octanol–water partition coefficient (Wildman–Crippen LogP) is 4.67. The molecule has 8 heteroatoms. The first-order valence-electron chi connectivity index (χ1n) is 10.0. The molecule has 0 bridgehead atoms. The van der Waals surface area contributed by atoms with Crippen molar-refractivity contribution in [3.8, 4) is 0 Å². The Bertz CT molecular complexity index is 1120. The van der Waals surface area contributed by atoms with Crippen LogP contribution in [-0.2, 0) is 6.54 Å². The molecule has 2 N–H and O–H groups in total. The Hall–Kier alpha value is -3.26. The normalized spacial score (nSPS) is 12.9. The van der Waals surface area contributed by atoms with Crippen molar-refractivity contribution in [2.45, 2.75) is 32.3 Å². The largest absolute Gasteiger partial charge is 0.465 e. The highest BCUT2D eigenvalue weighted by atomic mass is 32.2. The Labute approximate surface area is 185 Å². The topological polar surface area (TPSA) is 87.5 Å². The highest BCUT2D eigenvalue weighted by Gasteiger charge is 2.26. The van der Waals surface area contributed by atoms with Crippen LogP contribution in [-0.4, -0.2) is 29.2 Å². The van der Waals surface area contributed by atoms with E-state index in [0.29, 0.717) is 30.1 Å². The van der Waals surface area contributed by atoms with E-state index in [0.717, 1.165) is 33.5 Å². The number of nitrogens with one attached hydrogen (secondary N) is 2. The summed E-state index contributed by atoms with van der Waals surface area (Å²) in [6.45, 7) is 6.75. The number of aryl methyl sites for hydroxylation is 3. The number of anilines is 2. The molecule has 0 spiro atoms. The number of furan rings is 1. The zero-order valence-electron chi connectivity index (χ0n) is 17.7. The van der Waals surface area contributed by atoms with Gasteiger partial charge in [0.25, 0.3) is 5.91 Å². The Morgan fingerprint density at radius 3 is 2.61 bits per heavy atom. The summed E-state index contributed by atoms with van der Waals surface area (Å²) in [4.78, 5) is 31.6. The van der Waals surface area contributed by atoms with Gasteiger partial charge in [-0.15, -0.1) is 11.8 Å². The number of pyridine rings is 1. The number of aromatic nitrogens is 1. The van der Waals surface area contributed by atoms with Gasteiger partial charge in [0.2, 0.25) is 0 Å². The Morgan fingerprint density at radius 2 is 1.90 bits per heavy atom. The van der Waals surface area contributed by atoms with Crippen LogP contribution >= 0.6 is 11.8 Å². The van der Waals surface area contributed by atoms with E-state index < -0.39 is 0 Å². The Balaban J connectivity index is 1.40. The number of carbonyl (C=O) groups excluding carboxylic acids is 2. The van der Waals surface area contributed by atoms with Crippen molar-refractivity contribution in [2.24, 2.45) is 0 Å². The highest BCUT2D eigenvalue weighted by Crippen LogP contribution is 2.36. The van der Waals surface area contributed by atoms with Crippen molar-refractivity contribution < 1.29 is 14.0 Å². The molecule has 2 aromatic heterocycles. The minimum atomic E-state index is -0.208. The van der Waals surface area contributed by atoms with E-state index in [1.807, 2.05) is 39.0 Å². The Kier molecular flexibility index (Phi) is 5.99. The second-order valence-electron chi connectivity index (χ2n) is 7.44. The lowest BCUT2D eigenvalue weighted by Crippen LogP contribution is -2.39. The maximum absolute atomic E-state index is 12.9. The molecule has 0 atom stereocenters. The van der Waals surface area contributed by atoms with Gasteiger partial charge in [-0.2, -0.15) is 0 Å². The molecule has 0 saturated heterocycles. The van der Waals surface area contributed by atoms with Crippen LogP contribution in [0.2, 0.25) is 0 Å². The molecule has 160 valence electrons. The molecule has 3 heterocycles. The summed E-state index contributed by atoms with van der Waals surface area (Å²) in [7, 11) is 0. The molecule has 3 amide bonds. The van der Waals surface area contributed by atoms with Crippen molar-refractivity contribution in [3.63, 3.8) is 0 Å². The van der Waals surface area contributed by atoms with Crippen molar-refractivity contribution in [2.75, 3.05) is 22.5 Å². The fourth-order valence-corrected chi connectivity index (χ4v) is 4.60. The second kappa shape index (κ2) is 8.85. The zero-order valence-corrected chi connectivity index (χ0v) is 18.5. The fourth-order valence-electron chi connectivity index (χ4n) is 3.52. The number of benzene rings is 1. The smallest absolute Gasteiger partial charge is 0.326 e. The average Bonchev–Trinajstić information content (AvgIpc) is 3.17. The number of rotatable bonds is 4. The van der Waals surface area contributed by atoms with E-state index in [-0.39, 0.29) is 11.9 Å². The van der Waals surface area contributed by atoms with E-state index >= 15 is 0 Å². The van der Waals surface area contributed by atoms with E-state index in [1.165, 1.54) is 0 Å². The standard InChI is InChI=1S/C23H24N4O3S/c1-14-12-15(2)25-22-20(14)27(10-11-31-22)23(29)26-18-7-5-17(6-8-18)21(28)24-13-19-9-4-16(3)30-19/h4-9,12H,10-11,13H2,1-3H3,(H,24,28)(H,26,29). The number of hydrogen-bond donors (Lipinski definition) is 2. The van der Waals surface area contributed by atoms with E-state index in [2.05, 4.69) is 15.6 Å². The van der Waals surface area contributed by atoms with Crippen LogP contribution < -0.4 is 15.5 Å². The van der Waals surface area contributed by atoms with Crippen LogP contribution in [0.5, 0.6) is 0 Å². The first-order valence-corrected chi connectivity index (χ1v) is 11.0. The molecule has 0 radical (unpaired) electrons. The summed E-state index contributed by atoms with van der Waals surface area (Å²) < 4.78 is 5.46. The molecule has 3 aromatic rings. The molecule has 4 rings (SSSR count). The predicted molar refractivity (Wildman–Crippen MR) is 122 cm³/mol. The van der Waals surface area contributed by atoms with Gasteiger partial charge in [-0.1, -0.05) is 0 Å². The van der Waals surface area contributed by atoms with Crippen LogP contribution in [0, 0.1) is 20.8 Å². The molecular formula is C23H24N4O3S. The summed E-state index contributed by atoms with van der Waals surface area (Å²) in [5.74, 6) is 2.10. The first-order chi connectivity index (χ1) is 14.9. The minimum Gasteiger partial charge on any atom is -0.465 e. The van der Waals surface area contributed by atoms with Gasteiger partial charge in [-0.25, -0.2) is 9.78 Å². The number of amides is 3. The monoisotopic (exact) mass is 436 g/mol. The molecule has 0 fully saturated rings. The molecule has 1 aliphatic rings. The van der Waals surface area contributed by atoms with Gasteiger partial charge in [-0.3, -0.25) is 9.69 Å². The van der Waals surface area contributed by atoms with Crippen molar-refractivity contribution in [1.82, 2.24) is 10.3 Å². The fraction of sp³-hybridized carbons (Fsp3) is 0.261. The van der Waals surface area contributed by atoms with Crippen LogP contribution in [0.25, 0.3) is 0 Å². The molecule has 0 aliphatic carbocycles. The lowest BCUT2D eigenvalue weighted by molar-refractivity contribution is 0.0948. The number of nitrogens with zero attached hydrogens (tertiary/aromatic N) is 2. The van der Waals surface area contributed by atoms with Crippen LogP contribution in [0.15, 0.2) is 51.9 Å². The van der Waals surface area contributed by atoms with Gasteiger partial charge >= 0.3 is 6.03 Å². The van der Waals surface area contributed by atoms with Gasteiger partial charge in [-0.05, 0) is 68.8 Å². The number of thioether (sulfide) groups is 1. The summed E-state index contributed by atoms with van der Waals surface area (Å²) in [6, 6.07) is 12.3. The summed E-state index contributed by atoms with van der Waals surface area (Å²) >= 11 is 1.67. The summed E-state index contributed by atoms with van der Waals surface area (Å²) in [5, 5.41) is 6.64.